The number of aromatic nitrogens is 3. The van der Waals surface area contributed by atoms with Crippen molar-refractivity contribution in [3.63, 3.8) is 0 Å². The van der Waals surface area contributed by atoms with Gasteiger partial charge in [-0.25, -0.2) is 0 Å². The molecule has 0 fully saturated rings. The topological polar surface area (TPSA) is 59.3 Å². The Bertz CT molecular complexity index is 1100. The van der Waals surface area contributed by atoms with E-state index in [4.69, 9.17) is 11.6 Å². The second-order valence-corrected chi connectivity index (χ2v) is 6.83. The average Bonchev–Trinajstić information content (AvgIpc) is 3.20. The van der Waals surface area contributed by atoms with E-state index in [0.29, 0.717) is 17.4 Å². The van der Waals surface area contributed by atoms with Crippen molar-refractivity contribution in [3.8, 4) is 0 Å². The van der Waals surface area contributed by atoms with Crippen molar-refractivity contribution in [2.75, 3.05) is 0 Å². The van der Waals surface area contributed by atoms with Gasteiger partial charge in [-0.3, -0.25) is 9.20 Å². The number of benzene rings is 1. The van der Waals surface area contributed by atoms with Crippen LogP contribution in [-0.4, -0.2) is 20.5 Å². The molecule has 5 nitrogen and oxygen atoms in total. The van der Waals surface area contributed by atoms with Gasteiger partial charge in [-0.2, -0.15) is 0 Å². The van der Waals surface area contributed by atoms with Crippen LogP contribution in [-0.2, 0) is 11.3 Å². The summed E-state index contributed by atoms with van der Waals surface area (Å²) in [5.41, 5.74) is 0.749. The fourth-order valence-electron chi connectivity index (χ4n) is 2.53. The summed E-state index contributed by atoms with van der Waals surface area (Å²) in [7, 11) is 0. The standard InChI is InChI=1S/C18H13ClN4OS/c19-18-12-5-1-2-6-13(12)25-14(18)8-9-17(24)20-11-16-22-21-15-7-3-4-10-23(15)16/h1-10H,11H2,(H,20,24). The molecule has 25 heavy (non-hydrogen) atoms. The van der Waals surface area contributed by atoms with Crippen LogP contribution in [0.15, 0.2) is 54.7 Å². The molecule has 0 spiro atoms. The summed E-state index contributed by atoms with van der Waals surface area (Å²) in [4.78, 5) is 12.9. The van der Waals surface area contributed by atoms with Gasteiger partial charge in [0, 0.05) is 27.2 Å². The largest absolute Gasteiger partial charge is 0.345 e. The number of hydrogen-bond acceptors (Lipinski definition) is 4. The quantitative estimate of drug-likeness (QED) is 0.555. The van der Waals surface area contributed by atoms with Crippen LogP contribution in [0, 0.1) is 0 Å². The van der Waals surface area contributed by atoms with E-state index < -0.39 is 0 Å². The molecular weight excluding hydrogens is 356 g/mol. The van der Waals surface area contributed by atoms with Crippen molar-refractivity contribution in [3.05, 3.63) is 70.5 Å². The van der Waals surface area contributed by atoms with Crippen molar-refractivity contribution in [2.24, 2.45) is 0 Å². The minimum absolute atomic E-state index is 0.207. The van der Waals surface area contributed by atoms with Gasteiger partial charge in [0.05, 0.1) is 11.6 Å². The Labute approximate surface area is 152 Å². The molecule has 0 aliphatic heterocycles. The number of pyridine rings is 1. The maximum Gasteiger partial charge on any atom is 0.244 e. The van der Waals surface area contributed by atoms with E-state index in [1.807, 2.05) is 53.1 Å². The van der Waals surface area contributed by atoms with Crippen molar-refractivity contribution >= 4 is 50.7 Å². The zero-order valence-corrected chi connectivity index (χ0v) is 14.6. The van der Waals surface area contributed by atoms with Gasteiger partial charge in [0.1, 0.15) is 0 Å². The second-order valence-electron chi connectivity index (χ2n) is 5.37. The fraction of sp³-hybridized carbons (Fsp3) is 0.0556. The SMILES string of the molecule is O=C(C=Cc1sc2ccccc2c1Cl)NCc1nnc2ccccn12. The third-order valence-corrected chi connectivity index (χ3v) is 5.41. The van der Waals surface area contributed by atoms with Crippen LogP contribution in [0.2, 0.25) is 5.02 Å². The van der Waals surface area contributed by atoms with Crippen LogP contribution >= 0.6 is 22.9 Å². The van der Waals surface area contributed by atoms with E-state index in [-0.39, 0.29) is 5.91 Å². The normalized spacial score (nSPS) is 11.6. The molecule has 0 radical (unpaired) electrons. The Morgan fingerprint density at radius 3 is 2.92 bits per heavy atom. The Hall–Kier alpha value is -2.70. The highest BCUT2D eigenvalue weighted by molar-refractivity contribution is 7.20. The first kappa shape index (κ1) is 15.8. The van der Waals surface area contributed by atoms with E-state index in [1.54, 1.807) is 17.4 Å². The number of carbonyl (C=O) groups excluding carboxylic acids is 1. The van der Waals surface area contributed by atoms with Gasteiger partial charge in [0.15, 0.2) is 11.5 Å². The third kappa shape index (κ3) is 3.14. The zero-order chi connectivity index (χ0) is 17.2. The molecule has 4 aromatic rings. The second kappa shape index (κ2) is 6.66. The van der Waals surface area contributed by atoms with Crippen LogP contribution in [0.3, 0.4) is 0 Å². The fourth-order valence-corrected chi connectivity index (χ4v) is 3.93. The number of carbonyl (C=O) groups is 1. The number of fused-ring (bicyclic) bond motifs is 2. The summed E-state index contributed by atoms with van der Waals surface area (Å²) in [5.74, 6) is 0.471. The molecule has 4 rings (SSSR count). The van der Waals surface area contributed by atoms with Gasteiger partial charge in [0.25, 0.3) is 0 Å². The number of halogens is 1. The highest BCUT2D eigenvalue weighted by atomic mass is 35.5. The minimum Gasteiger partial charge on any atom is -0.345 e. The Morgan fingerprint density at radius 2 is 2.04 bits per heavy atom. The smallest absolute Gasteiger partial charge is 0.244 e. The lowest BCUT2D eigenvalue weighted by Gasteiger charge is -2.00. The van der Waals surface area contributed by atoms with Gasteiger partial charge < -0.3 is 5.32 Å². The lowest BCUT2D eigenvalue weighted by molar-refractivity contribution is -0.116. The molecule has 1 N–H and O–H groups in total. The average molecular weight is 369 g/mol. The molecule has 0 saturated heterocycles. The maximum absolute atomic E-state index is 12.1. The van der Waals surface area contributed by atoms with Gasteiger partial charge in [-0.15, -0.1) is 21.5 Å². The van der Waals surface area contributed by atoms with Gasteiger partial charge in [-0.05, 0) is 24.3 Å². The molecule has 3 aromatic heterocycles. The first-order valence-corrected chi connectivity index (χ1v) is 8.83. The molecular formula is C18H13ClN4OS. The first-order valence-electron chi connectivity index (χ1n) is 7.64. The summed E-state index contributed by atoms with van der Waals surface area (Å²) in [6.07, 6.45) is 5.09. The van der Waals surface area contributed by atoms with E-state index in [0.717, 1.165) is 20.6 Å². The highest BCUT2D eigenvalue weighted by Crippen LogP contribution is 2.35. The molecule has 0 atom stereocenters. The van der Waals surface area contributed by atoms with Crippen LogP contribution in [0.25, 0.3) is 21.8 Å². The van der Waals surface area contributed by atoms with Gasteiger partial charge in [0.2, 0.25) is 5.91 Å². The zero-order valence-electron chi connectivity index (χ0n) is 13.0. The minimum atomic E-state index is -0.207. The van der Waals surface area contributed by atoms with Crippen molar-refractivity contribution in [1.29, 1.82) is 0 Å². The Balaban J connectivity index is 1.46. The Morgan fingerprint density at radius 1 is 1.20 bits per heavy atom. The molecule has 0 aliphatic rings. The molecule has 1 amide bonds. The van der Waals surface area contributed by atoms with Crippen molar-refractivity contribution in [1.82, 2.24) is 19.9 Å². The monoisotopic (exact) mass is 368 g/mol. The summed E-state index contributed by atoms with van der Waals surface area (Å²) < 4.78 is 2.94. The van der Waals surface area contributed by atoms with E-state index >= 15 is 0 Å². The molecule has 0 aliphatic carbocycles. The Kier molecular flexibility index (Phi) is 4.21. The van der Waals surface area contributed by atoms with Crippen LogP contribution in [0.1, 0.15) is 10.7 Å². The summed E-state index contributed by atoms with van der Waals surface area (Å²) in [6.45, 7) is 0.300. The molecule has 3 heterocycles. The van der Waals surface area contributed by atoms with Gasteiger partial charge in [-0.1, -0.05) is 35.9 Å². The predicted molar refractivity (Wildman–Crippen MR) is 101 cm³/mol. The van der Waals surface area contributed by atoms with E-state index in [2.05, 4.69) is 15.5 Å². The van der Waals surface area contributed by atoms with Crippen molar-refractivity contribution < 1.29 is 4.79 Å². The van der Waals surface area contributed by atoms with Crippen molar-refractivity contribution in [2.45, 2.75) is 6.54 Å². The predicted octanol–water partition coefficient (Wildman–Crippen LogP) is 3.93. The molecule has 0 bridgehead atoms. The van der Waals surface area contributed by atoms with Crippen LogP contribution in [0.5, 0.6) is 0 Å². The summed E-state index contributed by atoms with van der Waals surface area (Å²) in [5, 5.41) is 12.6. The number of nitrogens with zero attached hydrogens (tertiary/aromatic N) is 3. The number of hydrogen-bond donors (Lipinski definition) is 1. The third-order valence-electron chi connectivity index (χ3n) is 3.75. The van der Waals surface area contributed by atoms with Crippen LogP contribution < -0.4 is 5.32 Å². The molecule has 0 unspecified atom stereocenters. The van der Waals surface area contributed by atoms with Crippen LogP contribution in [0.4, 0.5) is 0 Å². The van der Waals surface area contributed by atoms with Gasteiger partial charge >= 0.3 is 0 Å². The number of nitrogens with one attached hydrogen (secondary N) is 1. The number of amides is 1. The first-order chi connectivity index (χ1) is 12.2. The molecule has 124 valence electrons. The highest BCUT2D eigenvalue weighted by Gasteiger charge is 2.08. The van der Waals surface area contributed by atoms with E-state index in [9.17, 15) is 4.79 Å². The number of rotatable bonds is 4. The molecule has 1 aromatic carbocycles. The summed E-state index contributed by atoms with van der Waals surface area (Å²) >= 11 is 7.93. The number of thiophene rings is 1. The molecule has 7 heteroatoms. The lowest BCUT2D eigenvalue weighted by atomic mass is 10.2. The van der Waals surface area contributed by atoms with E-state index in [1.165, 1.54) is 6.08 Å². The maximum atomic E-state index is 12.1. The molecule has 0 saturated carbocycles. The summed E-state index contributed by atoms with van der Waals surface area (Å²) in [6, 6.07) is 13.6. The lowest BCUT2D eigenvalue weighted by Crippen LogP contribution is -2.21.